The van der Waals surface area contributed by atoms with Crippen LogP contribution in [-0.4, -0.2) is 71.0 Å². The number of aliphatic hydroxyl groups excluding tert-OH is 1. The second-order valence-electron chi connectivity index (χ2n) is 10.5. The molecule has 1 aliphatic carbocycles. The first-order chi connectivity index (χ1) is 16.3. The number of carbonyl (C=O) groups is 1. The number of amides is 1. The van der Waals surface area contributed by atoms with Crippen molar-refractivity contribution in [3.63, 3.8) is 0 Å². The zero-order valence-corrected chi connectivity index (χ0v) is 20.6. The van der Waals surface area contributed by atoms with Crippen molar-refractivity contribution in [3.8, 4) is 5.75 Å². The summed E-state index contributed by atoms with van der Waals surface area (Å²) in [7, 11) is 0. The lowest BCUT2D eigenvalue weighted by Crippen LogP contribution is -2.51. The lowest BCUT2D eigenvalue weighted by molar-refractivity contribution is 0.000850. The van der Waals surface area contributed by atoms with Crippen molar-refractivity contribution in [2.45, 2.75) is 69.7 Å². The quantitative estimate of drug-likeness (QED) is 0.612. The summed E-state index contributed by atoms with van der Waals surface area (Å²) >= 11 is 0. The average molecular weight is 467 g/mol. The van der Waals surface area contributed by atoms with Gasteiger partial charge in [0.2, 0.25) is 0 Å². The summed E-state index contributed by atoms with van der Waals surface area (Å²) in [4.78, 5) is 17.5. The van der Waals surface area contributed by atoms with Crippen LogP contribution in [-0.2, 0) is 4.74 Å². The van der Waals surface area contributed by atoms with Crippen LogP contribution in [0, 0.1) is 0 Å². The molecule has 2 fully saturated rings. The van der Waals surface area contributed by atoms with Gasteiger partial charge in [0.05, 0.1) is 0 Å². The minimum absolute atomic E-state index is 0.155. The first kappa shape index (κ1) is 24.6. The van der Waals surface area contributed by atoms with Crippen LogP contribution < -0.4 is 4.74 Å². The number of likely N-dealkylation sites (tertiary alicyclic amines) is 1. The number of nitrogens with zero attached hydrogens (tertiary/aromatic N) is 2. The highest BCUT2D eigenvalue weighted by molar-refractivity contribution is 5.70. The van der Waals surface area contributed by atoms with Gasteiger partial charge in [0.25, 0.3) is 0 Å². The van der Waals surface area contributed by atoms with E-state index in [0.29, 0.717) is 12.5 Å². The molecule has 0 aromatic heterocycles. The molecule has 2 aromatic rings. The van der Waals surface area contributed by atoms with Crippen LogP contribution in [0.5, 0.6) is 5.75 Å². The number of carbonyl (C=O) groups excluding carboxylic acids is 1. The lowest BCUT2D eigenvalue weighted by atomic mass is 10.0. The monoisotopic (exact) mass is 466 g/mol. The van der Waals surface area contributed by atoms with E-state index in [4.69, 9.17) is 9.47 Å². The molecule has 6 heteroatoms. The molecule has 1 aliphatic heterocycles. The lowest BCUT2D eigenvalue weighted by Gasteiger charge is -2.40. The van der Waals surface area contributed by atoms with Crippen LogP contribution in [0.25, 0.3) is 0 Å². The van der Waals surface area contributed by atoms with Crippen LogP contribution in [0.4, 0.5) is 4.79 Å². The third-order valence-corrected chi connectivity index (χ3v) is 6.55. The van der Waals surface area contributed by atoms with Gasteiger partial charge in [-0.25, -0.2) is 4.79 Å². The van der Waals surface area contributed by atoms with Crippen molar-refractivity contribution in [2.24, 2.45) is 0 Å². The number of benzene rings is 2. The second kappa shape index (κ2) is 10.8. The van der Waals surface area contributed by atoms with Crippen LogP contribution in [0.3, 0.4) is 0 Å². The number of para-hydroxylation sites is 1. The van der Waals surface area contributed by atoms with Crippen molar-refractivity contribution in [2.75, 3.05) is 26.2 Å². The third kappa shape index (κ3) is 6.73. The Morgan fingerprint density at radius 2 is 1.68 bits per heavy atom. The molecule has 2 aromatic carbocycles. The Balaban J connectivity index is 1.32. The Labute approximate surface area is 203 Å². The fourth-order valence-electron chi connectivity index (χ4n) is 4.86. The van der Waals surface area contributed by atoms with Gasteiger partial charge in [0.1, 0.15) is 24.1 Å². The molecule has 6 nitrogen and oxygen atoms in total. The molecule has 4 rings (SSSR count). The fraction of sp³-hybridized carbons (Fsp3) is 0.536. The molecule has 0 unspecified atom stereocenters. The molecule has 1 N–H and O–H groups in total. The number of hydrogen-bond donors (Lipinski definition) is 1. The van der Waals surface area contributed by atoms with Gasteiger partial charge in [-0.15, -0.1) is 0 Å². The van der Waals surface area contributed by atoms with Crippen molar-refractivity contribution in [1.29, 1.82) is 0 Å². The minimum atomic E-state index is -0.551. The number of ether oxygens (including phenoxy) is 2. The van der Waals surface area contributed by atoms with Crippen LogP contribution in [0.15, 0.2) is 60.7 Å². The molecular formula is C28H38N2O4. The predicted octanol–water partition coefficient (Wildman–Crippen LogP) is 4.68. The van der Waals surface area contributed by atoms with Crippen molar-refractivity contribution < 1.29 is 19.4 Å². The molecule has 1 heterocycles. The Morgan fingerprint density at radius 3 is 2.29 bits per heavy atom. The highest BCUT2D eigenvalue weighted by atomic mass is 16.6. The fourth-order valence-corrected chi connectivity index (χ4v) is 4.86. The molecule has 1 saturated carbocycles. The van der Waals surface area contributed by atoms with E-state index in [1.165, 1.54) is 5.56 Å². The first-order valence-electron chi connectivity index (χ1n) is 12.4. The van der Waals surface area contributed by atoms with Crippen LogP contribution in [0.2, 0.25) is 0 Å². The summed E-state index contributed by atoms with van der Waals surface area (Å²) in [6.07, 6.45) is 1.99. The van der Waals surface area contributed by atoms with E-state index >= 15 is 0 Å². The zero-order valence-electron chi connectivity index (χ0n) is 20.6. The average Bonchev–Trinajstić information content (AvgIpc) is 3.59. The Kier molecular flexibility index (Phi) is 7.79. The van der Waals surface area contributed by atoms with Gasteiger partial charge in [-0.1, -0.05) is 48.5 Å². The number of aliphatic hydroxyl groups is 1. The van der Waals surface area contributed by atoms with E-state index in [0.717, 1.165) is 38.1 Å². The number of rotatable bonds is 8. The van der Waals surface area contributed by atoms with E-state index in [-0.39, 0.29) is 24.8 Å². The second-order valence-corrected chi connectivity index (χ2v) is 10.5. The number of hydrogen-bond acceptors (Lipinski definition) is 5. The van der Waals surface area contributed by atoms with Gasteiger partial charge in [0, 0.05) is 37.6 Å². The van der Waals surface area contributed by atoms with Crippen molar-refractivity contribution >= 4 is 6.09 Å². The Morgan fingerprint density at radius 1 is 1.06 bits per heavy atom. The maximum absolute atomic E-state index is 13.2. The van der Waals surface area contributed by atoms with Gasteiger partial charge in [-0.05, 0) is 57.7 Å². The van der Waals surface area contributed by atoms with Gasteiger partial charge in [-0.3, -0.25) is 0 Å². The van der Waals surface area contributed by atoms with Crippen molar-refractivity contribution in [1.82, 2.24) is 9.80 Å². The van der Waals surface area contributed by atoms with Gasteiger partial charge >= 0.3 is 6.09 Å². The molecule has 0 bridgehead atoms. The first-order valence-corrected chi connectivity index (χ1v) is 12.4. The molecule has 1 amide bonds. The standard InChI is InChI=1S/C28H38N2O4/c1-28(2,3)34-27(32)30(26-18-25(26)21-10-6-4-7-11-21)22-14-16-29(17-15-22)19-23(31)20-33-24-12-8-5-9-13-24/h4-13,22-23,25-26,31H,14-20H2,1-3H3/t23-,25+,26-/m1/s1. The van der Waals surface area contributed by atoms with E-state index in [1.807, 2.05) is 62.1 Å². The zero-order chi connectivity index (χ0) is 24.1. The summed E-state index contributed by atoms with van der Waals surface area (Å²) in [5.41, 5.74) is 0.774. The predicted molar refractivity (Wildman–Crippen MR) is 133 cm³/mol. The minimum Gasteiger partial charge on any atom is -0.491 e. The molecule has 2 aliphatic rings. The highest BCUT2D eigenvalue weighted by Crippen LogP contribution is 2.46. The molecule has 0 radical (unpaired) electrons. The Bertz CT molecular complexity index is 907. The normalized spacial score (nSPS) is 22.1. The number of piperidine rings is 1. The smallest absolute Gasteiger partial charge is 0.410 e. The molecule has 0 spiro atoms. The van der Waals surface area contributed by atoms with E-state index in [2.05, 4.69) is 29.2 Å². The summed E-state index contributed by atoms with van der Waals surface area (Å²) < 4.78 is 11.5. The molecule has 1 saturated heterocycles. The summed E-state index contributed by atoms with van der Waals surface area (Å²) in [6, 6.07) is 20.4. The largest absolute Gasteiger partial charge is 0.491 e. The van der Waals surface area contributed by atoms with Gasteiger partial charge in [0.15, 0.2) is 0 Å². The SMILES string of the molecule is CC(C)(C)OC(=O)N(C1CCN(C[C@@H](O)COc2ccccc2)CC1)[C@@H]1C[C@H]1c1ccccc1. The van der Waals surface area contributed by atoms with Crippen LogP contribution in [0.1, 0.15) is 51.5 Å². The topological polar surface area (TPSA) is 62.2 Å². The maximum Gasteiger partial charge on any atom is 0.410 e. The number of β-amino-alcohol motifs (C(OH)–C–C–N with tert-alkyl or cyclic N) is 1. The van der Waals surface area contributed by atoms with E-state index in [9.17, 15) is 9.90 Å². The summed E-state index contributed by atoms with van der Waals surface area (Å²) in [6.45, 7) is 8.30. The summed E-state index contributed by atoms with van der Waals surface area (Å²) in [5.74, 6) is 1.15. The summed E-state index contributed by atoms with van der Waals surface area (Å²) in [5, 5.41) is 10.5. The highest BCUT2D eigenvalue weighted by Gasteiger charge is 2.48. The molecular weight excluding hydrogens is 428 g/mol. The van der Waals surface area contributed by atoms with E-state index < -0.39 is 11.7 Å². The molecule has 34 heavy (non-hydrogen) atoms. The van der Waals surface area contributed by atoms with Gasteiger partial charge in [-0.2, -0.15) is 0 Å². The van der Waals surface area contributed by atoms with Crippen molar-refractivity contribution in [3.05, 3.63) is 66.2 Å². The van der Waals surface area contributed by atoms with E-state index in [1.54, 1.807) is 0 Å². The maximum atomic E-state index is 13.2. The molecule has 3 atom stereocenters. The Hall–Kier alpha value is -2.57. The van der Waals surface area contributed by atoms with Crippen LogP contribution >= 0.6 is 0 Å². The third-order valence-electron chi connectivity index (χ3n) is 6.55. The molecule has 184 valence electrons. The van der Waals surface area contributed by atoms with Gasteiger partial charge < -0.3 is 24.4 Å².